The molecule has 0 radical (unpaired) electrons. The highest BCUT2D eigenvalue weighted by Crippen LogP contribution is 2.28. The lowest BCUT2D eigenvalue weighted by Gasteiger charge is -2.31. The Morgan fingerprint density at radius 2 is 1.58 bits per heavy atom. The summed E-state index contributed by atoms with van der Waals surface area (Å²) in [5.41, 5.74) is 3.13. The van der Waals surface area contributed by atoms with E-state index in [1.807, 2.05) is 60.7 Å². The monoisotopic (exact) mass is 445 g/mol. The zero-order valence-electron chi connectivity index (χ0n) is 18.4. The number of hydrogen-bond donors (Lipinski definition) is 0. The number of benzene rings is 3. The number of ether oxygens (including phenoxy) is 1. The van der Waals surface area contributed by atoms with Crippen LogP contribution in [0.3, 0.4) is 0 Å². The molecule has 1 amide bonds. The third-order valence-corrected chi connectivity index (χ3v) is 5.79. The molecule has 4 rings (SSSR count). The van der Waals surface area contributed by atoms with E-state index < -0.39 is 4.92 Å². The predicted octanol–water partition coefficient (Wildman–Crippen LogP) is 4.32. The van der Waals surface area contributed by atoms with E-state index in [2.05, 4.69) is 4.90 Å². The number of non-ortho nitro benzene ring substituents is 1. The van der Waals surface area contributed by atoms with Gasteiger partial charge < -0.3 is 14.5 Å². The van der Waals surface area contributed by atoms with Crippen molar-refractivity contribution in [3.05, 3.63) is 106 Å². The van der Waals surface area contributed by atoms with Crippen LogP contribution in [0.1, 0.15) is 21.5 Å². The molecule has 0 unspecified atom stereocenters. The van der Waals surface area contributed by atoms with E-state index in [4.69, 9.17) is 4.74 Å². The Bertz CT molecular complexity index is 1080. The van der Waals surface area contributed by atoms with Crippen LogP contribution in [0.15, 0.2) is 78.9 Å². The van der Waals surface area contributed by atoms with Crippen molar-refractivity contribution in [1.82, 2.24) is 4.90 Å². The maximum absolute atomic E-state index is 13.9. The van der Waals surface area contributed by atoms with Crippen LogP contribution in [0.2, 0.25) is 0 Å². The lowest BCUT2D eigenvalue weighted by molar-refractivity contribution is -0.384. The summed E-state index contributed by atoms with van der Waals surface area (Å²) in [7, 11) is 0. The van der Waals surface area contributed by atoms with E-state index in [0.717, 1.165) is 11.1 Å². The number of nitrogens with zero attached hydrogens (tertiary/aromatic N) is 3. The highest BCUT2D eigenvalue weighted by molar-refractivity contribution is 6.00. The molecule has 0 aliphatic carbocycles. The topological polar surface area (TPSA) is 75.9 Å². The number of amides is 1. The van der Waals surface area contributed by atoms with Crippen LogP contribution in [0, 0.1) is 10.1 Å². The lowest BCUT2D eigenvalue weighted by atomic mass is 10.1. The largest absolute Gasteiger partial charge is 0.378 e. The van der Waals surface area contributed by atoms with E-state index in [1.54, 1.807) is 11.0 Å². The van der Waals surface area contributed by atoms with Crippen LogP contribution in [0.5, 0.6) is 0 Å². The van der Waals surface area contributed by atoms with E-state index in [0.29, 0.717) is 57.1 Å². The van der Waals surface area contributed by atoms with Gasteiger partial charge in [0.1, 0.15) is 0 Å². The fraction of sp³-hybridized carbons (Fsp3) is 0.269. The molecule has 33 heavy (non-hydrogen) atoms. The summed E-state index contributed by atoms with van der Waals surface area (Å²) >= 11 is 0. The molecule has 1 heterocycles. The summed E-state index contributed by atoms with van der Waals surface area (Å²) in [6, 6.07) is 24.4. The first-order valence-electron chi connectivity index (χ1n) is 11.1. The van der Waals surface area contributed by atoms with Gasteiger partial charge >= 0.3 is 0 Å². The summed E-state index contributed by atoms with van der Waals surface area (Å²) < 4.78 is 5.45. The van der Waals surface area contributed by atoms with Gasteiger partial charge in [-0.3, -0.25) is 14.9 Å². The fourth-order valence-corrected chi connectivity index (χ4v) is 4.02. The fourth-order valence-electron chi connectivity index (χ4n) is 4.02. The van der Waals surface area contributed by atoms with Crippen molar-refractivity contribution in [3.63, 3.8) is 0 Å². The van der Waals surface area contributed by atoms with Gasteiger partial charge in [0.05, 0.1) is 29.4 Å². The van der Waals surface area contributed by atoms with Crippen LogP contribution in [-0.4, -0.2) is 48.6 Å². The molecular weight excluding hydrogens is 418 g/mol. The molecule has 7 heteroatoms. The Morgan fingerprint density at radius 3 is 2.21 bits per heavy atom. The number of nitro benzene ring substituents is 1. The molecule has 0 saturated carbocycles. The van der Waals surface area contributed by atoms with Crippen LogP contribution < -0.4 is 4.90 Å². The first-order chi connectivity index (χ1) is 16.1. The van der Waals surface area contributed by atoms with Crippen LogP contribution in [0.25, 0.3) is 0 Å². The van der Waals surface area contributed by atoms with Crippen molar-refractivity contribution in [2.75, 3.05) is 37.7 Å². The molecule has 3 aromatic carbocycles. The number of carbonyl (C=O) groups excluding carboxylic acids is 1. The molecule has 7 nitrogen and oxygen atoms in total. The lowest BCUT2D eigenvalue weighted by Crippen LogP contribution is -2.39. The first kappa shape index (κ1) is 22.5. The third-order valence-electron chi connectivity index (χ3n) is 5.79. The third kappa shape index (κ3) is 5.75. The highest BCUT2D eigenvalue weighted by Gasteiger charge is 2.25. The minimum atomic E-state index is -0.453. The van der Waals surface area contributed by atoms with Gasteiger partial charge in [-0.05, 0) is 23.6 Å². The van der Waals surface area contributed by atoms with E-state index in [-0.39, 0.29) is 11.6 Å². The van der Waals surface area contributed by atoms with Crippen LogP contribution in [0.4, 0.5) is 11.4 Å². The zero-order valence-corrected chi connectivity index (χ0v) is 18.4. The van der Waals surface area contributed by atoms with Crippen LogP contribution in [-0.2, 0) is 17.7 Å². The quantitative estimate of drug-likeness (QED) is 0.381. The number of anilines is 1. The second kappa shape index (κ2) is 10.7. The number of hydrogen-bond acceptors (Lipinski definition) is 5. The molecule has 3 aromatic rings. The average molecular weight is 446 g/mol. The van der Waals surface area contributed by atoms with Gasteiger partial charge in [-0.2, -0.15) is 0 Å². The number of nitro groups is 1. The Hall–Kier alpha value is -3.71. The van der Waals surface area contributed by atoms with E-state index in [9.17, 15) is 14.9 Å². The molecule has 170 valence electrons. The molecule has 0 spiro atoms. The molecule has 0 aromatic heterocycles. The SMILES string of the molecule is O=C(c1cc([N+](=O)[O-])ccc1N1CCOCC1)N(CCc1ccccc1)Cc1ccccc1. The Morgan fingerprint density at radius 1 is 0.939 bits per heavy atom. The van der Waals surface area contributed by atoms with Crippen molar-refractivity contribution >= 4 is 17.3 Å². The van der Waals surface area contributed by atoms with E-state index >= 15 is 0 Å². The summed E-state index contributed by atoms with van der Waals surface area (Å²) in [4.78, 5) is 28.7. The van der Waals surface area contributed by atoms with Gasteiger partial charge in [0.2, 0.25) is 0 Å². The van der Waals surface area contributed by atoms with Crippen LogP contribution >= 0.6 is 0 Å². The number of morpholine rings is 1. The molecular formula is C26H27N3O4. The Kier molecular flexibility index (Phi) is 7.32. The number of carbonyl (C=O) groups is 1. The maximum atomic E-state index is 13.9. The molecule has 1 aliphatic rings. The van der Waals surface area contributed by atoms with Crippen molar-refractivity contribution in [2.45, 2.75) is 13.0 Å². The van der Waals surface area contributed by atoms with Crippen molar-refractivity contribution < 1.29 is 14.5 Å². The minimum Gasteiger partial charge on any atom is -0.378 e. The molecule has 1 fully saturated rings. The number of rotatable bonds is 8. The minimum absolute atomic E-state index is 0.0851. The summed E-state index contributed by atoms with van der Waals surface area (Å²) in [5.74, 6) is -0.208. The van der Waals surface area contributed by atoms with Gasteiger partial charge in [0.25, 0.3) is 11.6 Å². The average Bonchev–Trinajstić information content (AvgIpc) is 2.87. The maximum Gasteiger partial charge on any atom is 0.270 e. The molecule has 0 N–H and O–H groups in total. The Labute approximate surface area is 193 Å². The van der Waals surface area contributed by atoms with Crippen molar-refractivity contribution in [2.24, 2.45) is 0 Å². The first-order valence-corrected chi connectivity index (χ1v) is 11.1. The second-order valence-corrected chi connectivity index (χ2v) is 8.01. The molecule has 1 aliphatic heterocycles. The summed E-state index contributed by atoms with van der Waals surface area (Å²) in [6.07, 6.45) is 0.696. The van der Waals surface area contributed by atoms with Gasteiger partial charge in [-0.25, -0.2) is 0 Å². The standard InChI is InChI=1S/C26H27N3O4/c30-26(24-19-23(29(31)32)11-12-25(24)27-15-17-33-18-16-27)28(20-22-9-5-2-6-10-22)14-13-21-7-3-1-4-8-21/h1-12,19H,13-18,20H2. The van der Waals surface area contributed by atoms with Gasteiger partial charge in [0.15, 0.2) is 0 Å². The van der Waals surface area contributed by atoms with Crippen molar-refractivity contribution in [1.29, 1.82) is 0 Å². The Balaban J connectivity index is 1.67. The highest BCUT2D eigenvalue weighted by atomic mass is 16.6. The van der Waals surface area contributed by atoms with E-state index in [1.165, 1.54) is 12.1 Å². The second-order valence-electron chi connectivity index (χ2n) is 8.01. The summed E-state index contributed by atoms with van der Waals surface area (Å²) in [5, 5.41) is 11.5. The molecule has 0 bridgehead atoms. The molecule has 0 atom stereocenters. The zero-order chi connectivity index (χ0) is 23.0. The predicted molar refractivity (Wildman–Crippen MR) is 127 cm³/mol. The smallest absolute Gasteiger partial charge is 0.270 e. The van der Waals surface area contributed by atoms with Gasteiger partial charge in [-0.15, -0.1) is 0 Å². The van der Waals surface area contributed by atoms with Crippen molar-refractivity contribution in [3.8, 4) is 0 Å². The van der Waals surface area contributed by atoms with Gasteiger partial charge in [-0.1, -0.05) is 60.7 Å². The normalized spacial score (nSPS) is 13.5. The van der Waals surface area contributed by atoms with Gasteiger partial charge in [0, 0.05) is 38.3 Å². The molecule has 1 saturated heterocycles. The summed E-state index contributed by atoms with van der Waals surface area (Å²) in [6.45, 7) is 3.33.